The minimum absolute atomic E-state index is 0.603. The molecule has 106 valence electrons. The van der Waals surface area contributed by atoms with Gasteiger partial charge in [-0.25, -0.2) is 9.97 Å². The molecule has 0 aliphatic heterocycles. The second kappa shape index (κ2) is 6.20. The molecule has 0 atom stereocenters. The Morgan fingerprint density at radius 3 is 2.67 bits per heavy atom. The van der Waals surface area contributed by atoms with E-state index in [1.165, 1.54) is 5.56 Å². The molecular weight excluding hydrogens is 328 g/mol. The molecule has 5 heteroatoms. The minimum atomic E-state index is 0.603. The highest BCUT2D eigenvalue weighted by Crippen LogP contribution is 2.20. The standard InChI is InChI=1S/C16H15BrN4/c1-18-9-11-2-5-14(6-3-11)20-16-19-10-12-8-13(17)4-7-15(12)21-16/h2-8,10,18H,9H2,1H3,(H,19,20,21). The molecule has 3 rings (SSSR count). The molecule has 2 aromatic carbocycles. The van der Waals surface area contributed by atoms with Gasteiger partial charge in [-0.05, 0) is 42.9 Å². The summed E-state index contributed by atoms with van der Waals surface area (Å²) in [5.74, 6) is 0.603. The Morgan fingerprint density at radius 1 is 1.10 bits per heavy atom. The first-order chi connectivity index (χ1) is 10.2. The van der Waals surface area contributed by atoms with Crippen molar-refractivity contribution in [1.29, 1.82) is 0 Å². The normalized spacial score (nSPS) is 10.8. The summed E-state index contributed by atoms with van der Waals surface area (Å²) in [5.41, 5.74) is 3.14. The molecule has 3 aromatic rings. The number of nitrogens with one attached hydrogen (secondary N) is 2. The number of hydrogen-bond acceptors (Lipinski definition) is 4. The smallest absolute Gasteiger partial charge is 0.227 e. The zero-order valence-electron chi connectivity index (χ0n) is 11.6. The predicted molar refractivity (Wildman–Crippen MR) is 89.7 cm³/mol. The molecule has 1 aromatic heterocycles. The number of rotatable bonds is 4. The highest BCUT2D eigenvalue weighted by atomic mass is 79.9. The van der Waals surface area contributed by atoms with Gasteiger partial charge in [0.25, 0.3) is 0 Å². The van der Waals surface area contributed by atoms with Gasteiger partial charge in [-0.3, -0.25) is 0 Å². The molecule has 0 radical (unpaired) electrons. The fourth-order valence-corrected chi connectivity index (χ4v) is 2.48. The maximum atomic E-state index is 4.51. The lowest BCUT2D eigenvalue weighted by atomic mass is 10.2. The Hall–Kier alpha value is -1.98. The van der Waals surface area contributed by atoms with Gasteiger partial charge < -0.3 is 10.6 Å². The molecule has 1 heterocycles. The molecule has 0 amide bonds. The zero-order valence-corrected chi connectivity index (χ0v) is 13.2. The van der Waals surface area contributed by atoms with Crippen molar-refractivity contribution >= 4 is 38.5 Å². The third-order valence-electron chi connectivity index (χ3n) is 3.13. The molecule has 0 fully saturated rings. The molecule has 0 spiro atoms. The van der Waals surface area contributed by atoms with Crippen LogP contribution in [0.3, 0.4) is 0 Å². The van der Waals surface area contributed by atoms with Gasteiger partial charge in [-0.15, -0.1) is 0 Å². The lowest BCUT2D eigenvalue weighted by Gasteiger charge is -2.07. The lowest BCUT2D eigenvalue weighted by molar-refractivity contribution is 0.818. The van der Waals surface area contributed by atoms with E-state index in [1.54, 1.807) is 0 Å². The Kier molecular flexibility index (Phi) is 4.13. The lowest BCUT2D eigenvalue weighted by Crippen LogP contribution is -2.04. The predicted octanol–water partition coefficient (Wildman–Crippen LogP) is 3.86. The number of halogens is 1. The molecule has 21 heavy (non-hydrogen) atoms. The van der Waals surface area contributed by atoms with Crippen LogP contribution >= 0.6 is 15.9 Å². The summed E-state index contributed by atoms with van der Waals surface area (Å²) in [6.07, 6.45) is 1.82. The molecule has 0 bridgehead atoms. The summed E-state index contributed by atoms with van der Waals surface area (Å²) in [6, 6.07) is 14.2. The maximum absolute atomic E-state index is 4.51. The van der Waals surface area contributed by atoms with E-state index >= 15 is 0 Å². The first-order valence-electron chi connectivity index (χ1n) is 6.67. The van der Waals surface area contributed by atoms with Crippen molar-refractivity contribution in [3.63, 3.8) is 0 Å². The van der Waals surface area contributed by atoms with Crippen LogP contribution in [0.2, 0.25) is 0 Å². The zero-order chi connectivity index (χ0) is 14.7. The van der Waals surface area contributed by atoms with Crippen LogP contribution in [0, 0.1) is 0 Å². The Balaban J connectivity index is 1.82. The van der Waals surface area contributed by atoms with Gasteiger partial charge in [0.15, 0.2) is 0 Å². The van der Waals surface area contributed by atoms with E-state index in [-0.39, 0.29) is 0 Å². The van der Waals surface area contributed by atoms with E-state index in [2.05, 4.69) is 48.7 Å². The summed E-state index contributed by atoms with van der Waals surface area (Å²) >= 11 is 3.45. The fraction of sp³-hybridized carbons (Fsp3) is 0.125. The van der Waals surface area contributed by atoms with Crippen molar-refractivity contribution in [2.24, 2.45) is 0 Å². The monoisotopic (exact) mass is 342 g/mol. The van der Waals surface area contributed by atoms with Crippen LogP contribution in [-0.2, 0) is 6.54 Å². The van der Waals surface area contributed by atoms with Crippen molar-refractivity contribution in [3.05, 3.63) is 58.7 Å². The Labute approximate surface area is 131 Å². The molecule has 0 unspecified atom stereocenters. The van der Waals surface area contributed by atoms with Crippen LogP contribution in [0.1, 0.15) is 5.56 Å². The van der Waals surface area contributed by atoms with Crippen molar-refractivity contribution in [3.8, 4) is 0 Å². The highest BCUT2D eigenvalue weighted by Gasteiger charge is 2.01. The van der Waals surface area contributed by atoms with Gasteiger partial charge in [0.2, 0.25) is 5.95 Å². The summed E-state index contributed by atoms with van der Waals surface area (Å²) in [6.45, 7) is 0.863. The van der Waals surface area contributed by atoms with Crippen LogP contribution in [0.25, 0.3) is 10.9 Å². The number of anilines is 2. The molecule has 0 aliphatic carbocycles. The maximum Gasteiger partial charge on any atom is 0.227 e. The van der Waals surface area contributed by atoms with Crippen LogP contribution in [-0.4, -0.2) is 17.0 Å². The number of aromatic nitrogens is 2. The first kappa shape index (κ1) is 14.0. The molecule has 0 aliphatic rings. The van der Waals surface area contributed by atoms with E-state index in [4.69, 9.17) is 0 Å². The number of nitrogens with zero attached hydrogens (tertiary/aromatic N) is 2. The molecule has 0 saturated heterocycles. The summed E-state index contributed by atoms with van der Waals surface area (Å²) in [4.78, 5) is 8.86. The number of benzene rings is 2. The summed E-state index contributed by atoms with van der Waals surface area (Å²) in [5, 5.41) is 7.37. The molecule has 4 nitrogen and oxygen atoms in total. The van der Waals surface area contributed by atoms with Gasteiger partial charge in [-0.2, -0.15) is 0 Å². The topological polar surface area (TPSA) is 49.8 Å². The van der Waals surface area contributed by atoms with Crippen molar-refractivity contribution in [2.45, 2.75) is 6.54 Å². The number of fused-ring (bicyclic) bond motifs is 1. The van der Waals surface area contributed by atoms with Crippen molar-refractivity contribution in [2.75, 3.05) is 12.4 Å². The average Bonchev–Trinajstić information content (AvgIpc) is 2.50. The Bertz CT molecular complexity index is 756. The van der Waals surface area contributed by atoms with E-state index < -0.39 is 0 Å². The van der Waals surface area contributed by atoms with E-state index in [1.807, 2.05) is 43.6 Å². The second-order valence-electron chi connectivity index (χ2n) is 4.75. The van der Waals surface area contributed by atoms with Crippen molar-refractivity contribution < 1.29 is 0 Å². The third-order valence-corrected chi connectivity index (χ3v) is 3.63. The quantitative estimate of drug-likeness (QED) is 0.755. The fourth-order valence-electron chi connectivity index (χ4n) is 2.10. The van der Waals surface area contributed by atoms with Crippen molar-refractivity contribution in [1.82, 2.24) is 15.3 Å². The second-order valence-corrected chi connectivity index (χ2v) is 5.66. The first-order valence-corrected chi connectivity index (χ1v) is 7.47. The van der Waals surface area contributed by atoms with E-state index in [0.717, 1.165) is 27.6 Å². The van der Waals surface area contributed by atoms with E-state index in [9.17, 15) is 0 Å². The average molecular weight is 343 g/mol. The van der Waals surface area contributed by atoms with E-state index in [0.29, 0.717) is 5.95 Å². The van der Waals surface area contributed by atoms with Gasteiger partial charge in [-0.1, -0.05) is 28.1 Å². The Morgan fingerprint density at radius 2 is 1.90 bits per heavy atom. The molecule has 2 N–H and O–H groups in total. The van der Waals surface area contributed by atoms with Crippen LogP contribution in [0.5, 0.6) is 0 Å². The van der Waals surface area contributed by atoms with Crippen LogP contribution in [0.4, 0.5) is 11.6 Å². The van der Waals surface area contributed by atoms with Gasteiger partial charge in [0.05, 0.1) is 5.52 Å². The summed E-state index contributed by atoms with van der Waals surface area (Å²) in [7, 11) is 1.94. The van der Waals surface area contributed by atoms with Gasteiger partial charge in [0, 0.05) is 28.3 Å². The molecular formula is C16H15BrN4. The third kappa shape index (κ3) is 3.37. The van der Waals surface area contributed by atoms with Gasteiger partial charge in [0.1, 0.15) is 0 Å². The van der Waals surface area contributed by atoms with Crippen LogP contribution < -0.4 is 10.6 Å². The minimum Gasteiger partial charge on any atom is -0.324 e. The van der Waals surface area contributed by atoms with Crippen LogP contribution in [0.15, 0.2) is 53.1 Å². The largest absolute Gasteiger partial charge is 0.324 e. The number of hydrogen-bond donors (Lipinski definition) is 2. The van der Waals surface area contributed by atoms with Gasteiger partial charge >= 0.3 is 0 Å². The highest BCUT2D eigenvalue weighted by molar-refractivity contribution is 9.10. The molecule has 0 saturated carbocycles. The summed E-state index contributed by atoms with van der Waals surface area (Å²) < 4.78 is 1.03. The SMILES string of the molecule is CNCc1ccc(Nc2ncc3cc(Br)ccc3n2)cc1.